The molecule has 4 rings (SSSR count). The third-order valence-electron chi connectivity index (χ3n) is 6.07. The third kappa shape index (κ3) is 1.55. The molecule has 1 saturated carbocycles. The fourth-order valence-corrected chi connectivity index (χ4v) is 4.78. The molecule has 0 amide bonds. The van der Waals surface area contributed by atoms with Gasteiger partial charge in [0.1, 0.15) is 0 Å². The normalized spacial score (nSPS) is 25.3. The average molecular weight is 334 g/mol. The van der Waals surface area contributed by atoms with Crippen molar-refractivity contribution in [1.29, 1.82) is 21.0 Å². The smallest absolute Gasteiger partial charge is 0.186 e. The van der Waals surface area contributed by atoms with E-state index in [1.807, 2.05) is 42.5 Å². The number of hydrogen-bond donors (Lipinski definition) is 0. The molecule has 26 heavy (non-hydrogen) atoms. The van der Waals surface area contributed by atoms with Crippen LogP contribution in [0.25, 0.3) is 5.57 Å². The van der Waals surface area contributed by atoms with Crippen molar-refractivity contribution in [2.75, 3.05) is 0 Å². The summed E-state index contributed by atoms with van der Waals surface area (Å²) in [5.41, 5.74) is -1.47. The molecule has 0 aromatic heterocycles. The lowest BCUT2D eigenvalue weighted by Gasteiger charge is -2.49. The average Bonchev–Trinajstić information content (AvgIpc) is 3.49. The van der Waals surface area contributed by atoms with Crippen LogP contribution in [0.5, 0.6) is 0 Å². The van der Waals surface area contributed by atoms with Crippen molar-refractivity contribution in [3.8, 4) is 24.3 Å². The molecule has 0 N–H and O–H groups in total. The second-order valence-electron chi connectivity index (χ2n) is 7.01. The van der Waals surface area contributed by atoms with Crippen LogP contribution in [0, 0.1) is 67.5 Å². The van der Waals surface area contributed by atoms with Gasteiger partial charge in [0.25, 0.3) is 0 Å². The number of nitriles is 4. The Balaban J connectivity index is 2.17. The number of allylic oxidation sites excluding steroid dienone is 6. The van der Waals surface area contributed by atoms with Gasteiger partial charge in [0.2, 0.25) is 0 Å². The van der Waals surface area contributed by atoms with E-state index in [0.717, 1.165) is 16.7 Å². The van der Waals surface area contributed by atoms with E-state index < -0.39 is 22.2 Å². The van der Waals surface area contributed by atoms with Gasteiger partial charge in [-0.1, -0.05) is 54.6 Å². The predicted octanol–water partition coefficient (Wildman–Crippen LogP) is 4.04. The van der Waals surface area contributed by atoms with Crippen molar-refractivity contribution < 1.29 is 0 Å². The molecular formula is C22H14N4. The quantitative estimate of drug-likeness (QED) is 0.774. The van der Waals surface area contributed by atoms with Crippen molar-refractivity contribution in [1.82, 2.24) is 0 Å². The minimum atomic E-state index is -1.73. The maximum Gasteiger partial charge on any atom is 0.186 e. The molecule has 0 heterocycles. The van der Waals surface area contributed by atoms with Crippen LogP contribution in [-0.4, -0.2) is 0 Å². The van der Waals surface area contributed by atoms with Gasteiger partial charge in [0.05, 0.1) is 24.3 Å². The lowest BCUT2D eigenvalue weighted by molar-refractivity contribution is 0.165. The van der Waals surface area contributed by atoms with Crippen molar-refractivity contribution in [3.05, 3.63) is 65.8 Å². The first-order chi connectivity index (χ1) is 12.7. The molecule has 1 aromatic rings. The summed E-state index contributed by atoms with van der Waals surface area (Å²) in [4.78, 5) is 0. The van der Waals surface area contributed by atoms with Crippen LogP contribution >= 0.6 is 0 Å². The van der Waals surface area contributed by atoms with Gasteiger partial charge < -0.3 is 0 Å². The summed E-state index contributed by atoms with van der Waals surface area (Å²) in [5, 5.41) is 40.3. The molecule has 122 valence electrons. The number of hydrogen-bond acceptors (Lipinski definition) is 4. The van der Waals surface area contributed by atoms with E-state index in [0.29, 0.717) is 12.8 Å². The third-order valence-corrected chi connectivity index (χ3v) is 6.07. The van der Waals surface area contributed by atoms with Gasteiger partial charge in [-0.3, -0.25) is 0 Å². The van der Waals surface area contributed by atoms with E-state index >= 15 is 0 Å². The van der Waals surface area contributed by atoms with Crippen LogP contribution < -0.4 is 0 Å². The monoisotopic (exact) mass is 334 g/mol. The maximum absolute atomic E-state index is 10.1. The minimum absolute atomic E-state index is 0.608. The number of nitrogens with zero attached hydrogens (tertiary/aromatic N) is 4. The van der Waals surface area contributed by atoms with E-state index in [1.54, 1.807) is 12.2 Å². The summed E-state index contributed by atoms with van der Waals surface area (Å²) in [5.74, 6) is -0.608. The molecule has 4 heteroatoms. The van der Waals surface area contributed by atoms with Crippen molar-refractivity contribution >= 4 is 5.57 Å². The van der Waals surface area contributed by atoms with E-state index in [4.69, 9.17) is 0 Å². The van der Waals surface area contributed by atoms with E-state index in [2.05, 4.69) is 24.3 Å². The minimum Gasteiger partial charge on any atom is -0.196 e. The van der Waals surface area contributed by atoms with E-state index in [-0.39, 0.29) is 0 Å². The number of rotatable bonds is 1. The molecule has 1 aromatic carbocycles. The Labute approximate surface area is 152 Å². The van der Waals surface area contributed by atoms with Crippen LogP contribution in [0.3, 0.4) is 0 Å². The summed E-state index contributed by atoms with van der Waals surface area (Å²) >= 11 is 0. The number of benzene rings is 1. The largest absolute Gasteiger partial charge is 0.196 e. The Morgan fingerprint density at radius 1 is 0.846 bits per heavy atom. The first-order valence-electron chi connectivity index (χ1n) is 8.46. The van der Waals surface area contributed by atoms with Crippen LogP contribution in [0.2, 0.25) is 0 Å². The van der Waals surface area contributed by atoms with Gasteiger partial charge in [-0.2, -0.15) is 21.0 Å². The standard InChI is InChI=1S/C22H14N4/c23-12-21(13-24)18-9-5-4-8-17(18)19(16-6-2-1-3-7-16)20(10-11-20)22(21,14-25)15-26/h1-9,18H,10-11H2. The van der Waals surface area contributed by atoms with Crippen molar-refractivity contribution in [2.24, 2.45) is 22.2 Å². The first kappa shape index (κ1) is 15.9. The van der Waals surface area contributed by atoms with Crippen LogP contribution in [0.4, 0.5) is 0 Å². The molecule has 1 spiro atoms. The molecule has 1 atom stereocenters. The summed E-state index contributed by atoms with van der Waals surface area (Å²) in [6.45, 7) is 0. The second kappa shape index (κ2) is 5.20. The van der Waals surface area contributed by atoms with E-state index in [9.17, 15) is 21.0 Å². The molecule has 0 saturated heterocycles. The fourth-order valence-electron chi connectivity index (χ4n) is 4.78. The topological polar surface area (TPSA) is 95.2 Å². The van der Waals surface area contributed by atoms with Gasteiger partial charge in [-0.05, 0) is 29.6 Å². The van der Waals surface area contributed by atoms with Gasteiger partial charge in [0.15, 0.2) is 10.8 Å². The first-order valence-corrected chi connectivity index (χ1v) is 8.46. The zero-order valence-electron chi connectivity index (χ0n) is 14.0. The summed E-state index contributed by atoms with van der Waals surface area (Å²) in [6, 6.07) is 18.2. The Kier molecular flexibility index (Phi) is 3.18. The number of fused-ring (bicyclic) bond motifs is 1. The summed E-state index contributed by atoms with van der Waals surface area (Å²) in [7, 11) is 0. The second-order valence-corrected chi connectivity index (χ2v) is 7.01. The highest BCUT2D eigenvalue weighted by Crippen LogP contribution is 2.76. The van der Waals surface area contributed by atoms with Crippen molar-refractivity contribution in [3.63, 3.8) is 0 Å². The van der Waals surface area contributed by atoms with E-state index in [1.165, 1.54) is 0 Å². The highest BCUT2D eigenvalue weighted by molar-refractivity contribution is 5.83. The summed E-state index contributed by atoms with van der Waals surface area (Å²) in [6.07, 6.45) is 8.62. The molecule has 0 aliphatic heterocycles. The Morgan fingerprint density at radius 2 is 1.50 bits per heavy atom. The lowest BCUT2D eigenvalue weighted by Crippen LogP contribution is -2.53. The molecular weight excluding hydrogens is 320 g/mol. The zero-order chi connectivity index (χ0) is 18.4. The van der Waals surface area contributed by atoms with Crippen molar-refractivity contribution in [2.45, 2.75) is 12.8 Å². The molecule has 0 bridgehead atoms. The fraction of sp³-hybridized carbons (Fsp3) is 0.273. The zero-order valence-corrected chi connectivity index (χ0v) is 14.0. The Bertz CT molecular complexity index is 1010. The predicted molar refractivity (Wildman–Crippen MR) is 94.1 cm³/mol. The van der Waals surface area contributed by atoms with Gasteiger partial charge in [-0.25, -0.2) is 0 Å². The van der Waals surface area contributed by atoms with Crippen LogP contribution in [0.15, 0.2) is 60.2 Å². The van der Waals surface area contributed by atoms with Gasteiger partial charge in [0, 0.05) is 11.3 Å². The Morgan fingerprint density at radius 3 is 2.04 bits per heavy atom. The molecule has 3 aliphatic rings. The van der Waals surface area contributed by atoms with Gasteiger partial charge >= 0.3 is 0 Å². The summed E-state index contributed by atoms with van der Waals surface area (Å²) < 4.78 is 0. The highest BCUT2D eigenvalue weighted by Gasteiger charge is 2.77. The lowest BCUT2D eigenvalue weighted by atomic mass is 9.45. The molecule has 1 unspecified atom stereocenters. The molecule has 0 radical (unpaired) electrons. The maximum atomic E-state index is 10.1. The molecule has 4 nitrogen and oxygen atoms in total. The molecule has 3 aliphatic carbocycles. The van der Waals surface area contributed by atoms with Gasteiger partial charge in [-0.15, -0.1) is 0 Å². The Hall–Kier alpha value is -3.60. The SMILES string of the molecule is N#CC1(C#N)C2C=CC=CC2=C(c2ccccc2)C2(CC2)C1(C#N)C#N. The molecule has 1 fully saturated rings. The highest BCUT2D eigenvalue weighted by atomic mass is 14.7. The van der Waals surface area contributed by atoms with Crippen LogP contribution in [-0.2, 0) is 0 Å². The van der Waals surface area contributed by atoms with Crippen LogP contribution in [0.1, 0.15) is 18.4 Å².